The van der Waals surface area contributed by atoms with E-state index in [1.165, 1.54) is 0 Å². The number of nitrogens with zero attached hydrogens (tertiary/aromatic N) is 2. The van der Waals surface area contributed by atoms with Crippen LogP contribution in [0.2, 0.25) is 10.0 Å². The van der Waals surface area contributed by atoms with Gasteiger partial charge in [0.2, 0.25) is 5.91 Å². The maximum Gasteiger partial charge on any atom is 0.229 e. The lowest BCUT2D eigenvalue weighted by molar-refractivity contribution is -0.115. The Morgan fingerprint density at radius 2 is 1.67 bits per heavy atom. The van der Waals surface area contributed by atoms with Crippen molar-refractivity contribution in [3.63, 3.8) is 0 Å². The largest absolute Gasteiger partial charge is 0.457 e. The molecule has 0 aliphatic heterocycles. The van der Waals surface area contributed by atoms with Gasteiger partial charge in [-0.05, 0) is 48.4 Å². The Hall–Kier alpha value is -2.50. The molecule has 2 aromatic carbocycles. The maximum atomic E-state index is 12.3. The second-order valence-electron chi connectivity index (χ2n) is 6.01. The minimum Gasteiger partial charge on any atom is -0.457 e. The van der Waals surface area contributed by atoms with Crippen molar-refractivity contribution in [1.82, 2.24) is 9.78 Å². The summed E-state index contributed by atoms with van der Waals surface area (Å²) in [5.74, 6) is 1.74. The van der Waals surface area contributed by atoms with E-state index in [9.17, 15) is 4.79 Å². The van der Waals surface area contributed by atoms with Crippen LogP contribution in [0.4, 0.5) is 5.82 Å². The molecule has 0 saturated heterocycles. The van der Waals surface area contributed by atoms with E-state index in [2.05, 4.69) is 10.4 Å². The van der Waals surface area contributed by atoms with Crippen LogP contribution in [0.5, 0.6) is 11.5 Å². The van der Waals surface area contributed by atoms with E-state index in [1.807, 2.05) is 31.2 Å². The molecule has 0 aliphatic rings. The molecule has 0 aliphatic carbocycles. The van der Waals surface area contributed by atoms with Gasteiger partial charge in [0.1, 0.15) is 22.3 Å². The van der Waals surface area contributed by atoms with Crippen molar-refractivity contribution >= 4 is 34.9 Å². The van der Waals surface area contributed by atoms with E-state index in [4.69, 9.17) is 27.9 Å². The van der Waals surface area contributed by atoms with Crippen LogP contribution in [0.15, 0.2) is 48.5 Å². The van der Waals surface area contributed by atoms with E-state index in [0.717, 1.165) is 11.3 Å². The zero-order valence-electron chi connectivity index (χ0n) is 15.0. The van der Waals surface area contributed by atoms with Gasteiger partial charge in [-0.15, -0.1) is 0 Å². The van der Waals surface area contributed by atoms with Crippen molar-refractivity contribution in [2.24, 2.45) is 7.05 Å². The Morgan fingerprint density at radius 3 is 2.22 bits per heavy atom. The lowest BCUT2D eigenvalue weighted by Crippen LogP contribution is -2.16. The molecule has 0 bridgehead atoms. The zero-order chi connectivity index (χ0) is 19.4. The predicted molar refractivity (Wildman–Crippen MR) is 108 cm³/mol. The number of rotatable bonds is 6. The molecule has 3 aromatic rings. The molecule has 7 heteroatoms. The highest BCUT2D eigenvalue weighted by molar-refractivity contribution is 6.34. The molecule has 0 radical (unpaired) electrons. The molecule has 0 unspecified atom stereocenters. The van der Waals surface area contributed by atoms with Crippen LogP contribution in [-0.2, 0) is 24.7 Å². The minimum absolute atomic E-state index is 0.158. The predicted octanol–water partition coefficient (Wildman–Crippen LogP) is 5.26. The van der Waals surface area contributed by atoms with Crippen LogP contribution >= 0.6 is 23.2 Å². The number of amides is 1. The van der Waals surface area contributed by atoms with Gasteiger partial charge >= 0.3 is 0 Å². The monoisotopic (exact) mass is 403 g/mol. The summed E-state index contributed by atoms with van der Waals surface area (Å²) in [5.41, 5.74) is 1.63. The molecule has 1 amide bonds. The summed E-state index contributed by atoms with van der Waals surface area (Å²) in [6.45, 7) is 1.97. The molecule has 0 saturated carbocycles. The Balaban J connectivity index is 1.61. The van der Waals surface area contributed by atoms with Gasteiger partial charge in [0.05, 0.1) is 12.1 Å². The molecule has 0 atom stereocenters. The third-order valence-corrected chi connectivity index (χ3v) is 4.63. The molecule has 140 valence electrons. The van der Waals surface area contributed by atoms with Crippen molar-refractivity contribution in [2.75, 3.05) is 5.32 Å². The first-order valence-corrected chi connectivity index (χ1v) is 9.25. The van der Waals surface area contributed by atoms with Crippen molar-refractivity contribution < 1.29 is 9.53 Å². The van der Waals surface area contributed by atoms with Gasteiger partial charge in [0.15, 0.2) is 0 Å². The van der Waals surface area contributed by atoms with E-state index in [-0.39, 0.29) is 12.3 Å². The fourth-order valence-electron chi connectivity index (χ4n) is 2.59. The number of hydrogen-bond acceptors (Lipinski definition) is 3. The first-order valence-electron chi connectivity index (χ1n) is 8.50. The summed E-state index contributed by atoms with van der Waals surface area (Å²) in [4.78, 5) is 12.3. The SMILES string of the molecule is CCc1nn(C)c(NC(=O)Cc2ccc(Oc3ccc(Cl)cc3)cc2)c1Cl. The Kier molecular flexibility index (Phi) is 6.04. The molecule has 5 nitrogen and oxygen atoms in total. The van der Waals surface area contributed by atoms with Crippen molar-refractivity contribution in [3.05, 3.63) is 69.8 Å². The first kappa shape index (κ1) is 19.3. The molecular weight excluding hydrogens is 385 g/mol. The van der Waals surface area contributed by atoms with Crippen molar-refractivity contribution in [2.45, 2.75) is 19.8 Å². The maximum absolute atomic E-state index is 12.3. The van der Waals surface area contributed by atoms with E-state index >= 15 is 0 Å². The number of ether oxygens (including phenoxy) is 1. The van der Waals surface area contributed by atoms with Gasteiger partial charge in [-0.1, -0.05) is 42.3 Å². The van der Waals surface area contributed by atoms with Gasteiger partial charge in [-0.2, -0.15) is 5.10 Å². The highest BCUT2D eigenvalue weighted by atomic mass is 35.5. The lowest BCUT2D eigenvalue weighted by atomic mass is 10.1. The molecule has 0 spiro atoms. The van der Waals surface area contributed by atoms with Crippen LogP contribution in [0.25, 0.3) is 0 Å². The molecule has 27 heavy (non-hydrogen) atoms. The second kappa shape index (κ2) is 8.46. The topological polar surface area (TPSA) is 56.2 Å². The summed E-state index contributed by atoms with van der Waals surface area (Å²) >= 11 is 12.1. The number of carbonyl (C=O) groups excluding carboxylic acids is 1. The highest BCUT2D eigenvalue weighted by Gasteiger charge is 2.15. The average Bonchev–Trinajstić information content (AvgIpc) is 2.92. The molecule has 1 N–H and O–H groups in total. The zero-order valence-corrected chi connectivity index (χ0v) is 16.5. The van der Waals surface area contributed by atoms with Crippen molar-refractivity contribution in [1.29, 1.82) is 0 Å². The fourth-order valence-corrected chi connectivity index (χ4v) is 3.06. The summed E-state index contributed by atoms with van der Waals surface area (Å²) in [5, 5.41) is 8.26. The molecular formula is C20H19Cl2N3O2. The van der Waals surface area contributed by atoms with E-state index < -0.39 is 0 Å². The summed E-state index contributed by atoms with van der Waals surface area (Å²) in [6.07, 6.45) is 0.932. The first-order chi connectivity index (χ1) is 13.0. The summed E-state index contributed by atoms with van der Waals surface area (Å²) in [7, 11) is 1.75. The smallest absolute Gasteiger partial charge is 0.229 e. The fraction of sp³-hybridized carbons (Fsp3) is 0.200. The van der Waals surface area contributed by atoms with E-state index in [0.29, 0.717) is 33.8 Å². The van der Waals surface area contributed by atoms with Gasteiger partial charge < -0.3 is 10.1 Å². The Labute approximate surface area is 167 Å². The number of aromatic nitrogens is 2. The van der Waals surface area contributed by atoms with Gasteiger partial charge in [0, 0.05) is 12.1 Å². The number of carbonyl (C=O) groups is 1. The summed E-state index contributed by atoms with van der Waals surface area (Å²) in [6, 6.07) is 14.5. The number of aryl methyl sites for hydroxylation is 2. The number of benzene rings is 2. The molecule has 0 fully saturated rings. The summed E-state index contributed by atoms with van der Waals surface area (Å²) < 4.78 is 7.33. The normalized spacial score (nSPS) is 10.7. The number of nitrogens with one attached hydrogen (secondary N) is 1. The molecule has 1 heterocycles. The Bertz CT molecular complexity index is 935. The Morgan fingerprint density at radius 1 is 1.07 bits per heavy atom. The minimum atomic E-state index is -0.158. The highest BCUT2D eigenvalue weighted by Crippen LogP contribution is 2.26. The van der Waals surface area contributed by atoms with Gasteiger partial charge in [-0.25, -0.2) is 0 Å². The number of halogens is 2. The third kappa shape index (κ3) is 4.81. The van der Waals surface area contributed by atoms with Crippen molar-refractivity contribution in [3.8, 4) is 11.5 Å². The van der Waals surface area contributed by atoms with Crippen LogP contribution < -0.4 is 10.1 Å². The molecule has 1 aromatic heterocycles. The molecule has 3 rings (SSSR count). The van der Waals surface area contributed by atoms with Gasteiger partial charge in [0.25, 0.3) is 0 Å². The second-order valence-corrected chi connectivity index (χ2v) is 6.83. The van der Waals surface area contributed by atoms with Crippen LogP contribution in [-0.4, -0.2) is 15.7 Å². The standard InChI is InChI=1S/C20H19Cl2N3O2/c1-3-17-19(22)20(25(2)24-17)23-18(26)12-13-4-8-15(9-5-13)27-16-10-6-14(21)7-11-16/h4-11H,3,12H2,1-2H3,(H,23,26). The van der Waals surface area contributed by atoms with E-state index in [1.54, 1.807) is 36.0 Å². The van der Waals surface area contributed by atoms with Crippen LogP contribution in [0.1, 0.15) is 18.2 Å². The number of anilines is 1. The van der Waals surface area contributed by atoms with Crippen LogP contribution in [0, 0.1) is 0 Å². The third-order valence-electron chi connectivity index (χ3n) is 3.99. The lowest BCUT2D eigenvalue weighted by Gasteiger charge is -2.08. The number of hydrogen-bond donors (Lipinski definition) is 1. The van der Waals surface area contributed by atoms with Crippen LogP contribution in [0.3, 0.4) is 0 Å². The van der Waals surface area contributed by atoms with Gasteiger partial charge in [-0.3, -0.25) is 9.48 Å². The average molecular weight is 404 g/mol. The quantitative estimate of drug-likeness (QED) is 0.610.